The number of likely N-dealkylation sites (N-methyl/N-ethyl adjacent to an activating group) is 1. The van der Waals surface area contributed by atoms with Crippen LogP contribution in [0.4, 0.5) is 0 Å². The zero-order valence-corrected chi connectivity index (χ0v) is 19.0. The Hall–Kier alpha value is -1.79. The van der Waals surface area contributed by atoms with Crippen molar-refractivity contribution in [2.45, 2.75) is 44.7 Å². The molecule has 2 aromatic rings. The number of nitrogens with zero attached hydrogens (tertiary/aromatic N) is 1. The van der Waals surface area contributed by atoms with Crippen LogP contribution in [-0.4, -0.2) is 35.1 Å². The first-order chi connectivity index (χ1) is 13.4. The quantitative estimate of drug-likeness (QED) is 0.544. The molecule has 1 N–H and O–H groups in total. The molecule has 150 valence electrons. The Morgan fingerprint density at radius 1 is 1.18 bits per heavy atom. The van der Waals surface area contributed by atoms with Gasteiger partial charge in [0.1, 0.15) is 6.04 Å². The van der Waals surface area contributed by atoms with Gasteiger partial charge < -0.3 is 10.2 Å². The Morgan fingerprint density at radius 3 is 2.54 bits per heavy atom. The summed E-state index contributed by atoms with van der Waals surface area (Å²) in [7, 11) is 0. The Bertz CT molecular complexity index is 795. The molecule has 0 saturated heterocycles. The van der Waals surface area contributed by atoms with E-state index in [2.05, 4.69) is 52.4 Å². The van der Waals surface area contributed by atoms with Crippen molar-refractivity contribution in [3.8, 4) is 0 Å². The molecular formula is C22H27BrN2O2S. The van der Waals surface area contributed by atoms with Crippen LogP contribution in [-0.2, 0) is 16.1 Å². The zero-order chi connectivity index (χ0) is 20.5. The van der Waals surface area contributed by atoms with Crippen molar-refractivity contribution < 1.29 is 9.59 Å². The lowest BCUT2D eigenvalue weighted by atomic mass is 10.1. The van der Waals surface area contributed by atoms with Gasteiger partial charge in [0.25, 0.3) is 0 Å². The monoisotopic (exact) mass is 462 g/mol. The summed E-state index contributed by atoms with van der Waals surface area (Å²) in [5.41, 5.74) is 2.21. The molecule has 0 fully saturated rings. The van der Waals surface area contributed by atoms with Crippen LogP contribution >= 0.6 is 27.7 Å². The number of carbonyl (C=O) groups excluding carboxylic acids is 2. The third-order valence-electron chi connectivity index (χ3n) is 4.37. The van der Waals surface area contributed by atoms with Crippen LogP contribution in [0, 0.1) is 6.92 Å². The summed E-state index contributed by atoms with van der Waals surface area (Å²) in [6.45, 7) is 6.68. The minimum Gasteiger partial charge on any atom is -0.355 e. The number of rotatable bonds is 9. The van der Waals surface area contributed by atoms with Crippen LogP contribution in [0.5, 0.6) is 0 Å². The lowest BCUT2D eigenvalue weighted by Crippen LogP contribution is -2.47. The van der Waals surface area contributed by atoms with Crippen molar-refractivity contribution in [1.29, 1.82) is 0 Å². The van der Waals surface area contributed by atoms with E-state index in [4.69, 9.17) is 0 Å². The van der Waals surface area contributed by atoms with Crippen molar-refractivity contribution >= 4 is 39.5 Å². The molecule has 0 aromatic heterocycles. The van der Waals surface area contributed by atoms with Gasteiger partial charge in [-0.3, -0.25) is 9.59 Å². The molecule has 2 rings (SSSR count). The zero-order valence-electron chi connectivity index (χ0n) is 16.6. The molecular weight excluding hydrogens is 436 g/mol. The molecule has 28 heavy (non-hydrogen) atoms. The molecule has 2 amide bonds. The van der Waals surface area contributed by atoms with Gasteiger partial charge in [-0.2, -0.15) is 0 Å². The predicted molar refractivity (Wildman–Crippen MR) is 119 cm³/mol. The molecule has 4 nitrogen and oxygen atoms in total. The predicted octanol–water partition coefficient (Wildman–Crippen LogP) is 4.79. The number of hydrogen-bond acceptors (Lipinski definition) is 3. The maximum absolute atomic E-state index is 12.9. The summed E-state index contributed by atoms with van der Waals surface area (Å²) >= 11 is 5.13. The maximum Gasteiger partial charge on any atom is 0.242 e. The van der Waals surface area contributed by atoms with Crippen molar-refractivity contribution in [2.75, 3.05) is 12.3 Å². The van der Waals surface area contributed by atoms with E-state index in [1.165, 1.54) is 5.56 Å². The van der Waals surface area contributed by atoms with Crippen LogP contribution in [0.2, 0.25) is 0 Å². The fourth-order valence-corrected chi connectivity index (χ4v) is 4.06. The summed E-state index contributed by atoms with van der Waals surface area (Å²) in [4.78, 5) is 28.1. The number of aryl methyl sites for hydroxylation is 1. The number of thioether (sulfide) groups is 1. The highest BCUT2D eigenvalue weighted by atomic mass is 79.9. The van der Waals surface area contributed by atoms with E-state index in [1.54, 1.807) is 23.6 Å². The number of amides is 2. The minimum absolute atomic E-state index is 0.0154. The molecule has 1 unspecified atom stereocenters. The standard InChI is InChI=1S/C22H27BrN2O2S/c1-4-24-22(27)17(3)25(15-18-6-5-7-19(23)14-18)21(26)12-13-28-20-10-8-16(2)9-11-20/h5-11,14,17H,4,12-13,15H2,1-3H3,(H,24,27). The van der Waals surface area contributed by atoms with Crippen LogP contribution in [0.15, 0.2) is 57.9 Å². The first-order valence-electron chi connectivity index (χ1n) is 9.41. The van der Waals surface area contributed by atoms with Gasteiger partial charge in [-0.15, -0.1) is 11.8 Å². The van der Waals surface area contributed by atoms with Gasteiger partial charge in [-0.1, -0.05) is 45.8 Å². The smallest absolute Gasteiger partial charge is 0.242 e. The van der Waals surface area contributed by atoms with Crippen molar-refractivity contribution in [3.05, 3.63) is 64.1 Å². The van der Waals surface area contributed by atoms with Crippen molar-refractivity contribution in [1.82, 2.24) is 10.2 Å². The lowest BCUT2D eigenvalue weighted by molar-refractivity contribution is -0.140. The lowest BCUT2D eigenvalue weighted by Gasteiger charge is -2.28. The molecule has 0 heterocycles. The summed E-state index contributed by atoms with van der Waals surface area (Å²) in [6.07, 6.45) is 0.385. The number of hydrogen-bond donors (Lipinski definition) is 1. The number of nitrogens with one attached hydrogen (secondary N) is 1. The first kappa shape index (κ1) is 22.5. The Morgan fingerprint density at radius 2 is 1.89 bits per heavy atom. The number of carbonyl (C=O) groups is 2. The van der Waals surface area contributed by atoms with Crippen LogP contribution in [0.25, 0.3) is 0 Å². The van der Waals surface area contributed by atoms with E-state index < -0.39 is 6.04 Å². The largest absolute Gasteiger partial charge is 0.355 e. The number of halogens is 1. The van der Waals surface area contributed by atoms with Crippen LogP contribution in [0.1, 0.15) is 31.4 Å². The van der Waals surface area contributed by atoms with Gasteiger partial charge in [-0.25, -0.2) is 0 Å². The molecule has 0 aliphatic heterocycles. The summed E-state index contributed by atoms with van der Waals surface area (Å²) in [5.74, 6) is 0.536. The van der Waals surface area contributed by atoms with Crippen molar-refractivity contribution in [3.63, 3.8) is 0 Å². The second kappa shape index (κ2) is 11.3. The van der Waals surface area contributed by atoms with Gasteiger partial charge in [0.05, 0.1) is 0 Å². The Balaban J connectivity index is 2.04. The second-order valence-electron chi connectivity index (χ2n) is 6.63. The highest BCUT2D eigenvalue weighted by molar-refractivity contribution is 9.10. The Kier molecular flexibility index (Phi) is 9.06. The van der Waals surface area contributed by atoms with Gasteiger partial charge in [-0.05, 0) is 50.6 Å². The van der Waals surface area contributed by atoms with E-state index in [0.29, 0.717) is 25.3 Å². The molecule has 2 aromatic carbocycles. The topological polar surface area (TPSA) is 49.4 Å². The minimum atomic E-state index is -0.518. The SMILES string of the molecule is CCNC(=O)C(C)N(Cc1cccc(Br)c1)C(=O)CCSc1ccc(C)cc1. The van der Waals surface area contributed by atoms with Crippen LogP contribution in [0.3, 0.4) is 0 Å². The first-order valence-corrected chi connectivity index (χ1v) is 11.2. The van der Waals surface area contributed by atoms with E-state index in [0.717, 1.165) is 14.9 Å². The van der Waals surface area contributed by atoms with E-state index >= 15 is 0 Å². The third-order valence-corrected chi connectivity index (χ3v) is 5.87. The highest BCUT2D eigenvalue weighted by Gasteiger charge is 2.25. The fraction of sp³-hybridized carbons (Fsp3) is 0.364. The van der Waals surface area contributed by atoms with Gasteiger partial charge in [0, 0.05) is 34.6 Å². The average molecular weight is 463 g/mol. The fourth-order valence-electron chi connectivity index (χ4n) is 2.77. The van der Waals surface area contributed by atoms with E-state index in [9.17, 15) is 9.59 Å². The summed E-state index contributed by atoms with van der Waals surface area (Å²) < 4.78 is 0.956. The van der Waals surface area contributed by atoms with E-state index in [-0.39, 0.29) is 11.8 Å². The molecule has 0 aliphatic rings. The molecule has 0 saturated carbocycles. The molecule has 6 heteroatoms. The summed E-state index contributed by atoms with van der Waals surface area (Å²) in [5, 5.41) is 2.82. The molecule has 0 aliphatic carbocycles. The average Bonchev–Trinajstić information content (AvgIpc) is 2.67. The van der Waals surface area contributed by atoms with E-state index in [1.807, 2.05) is 31.2 Å². The highest BCUT2D eigenvalue weighted by Crippen LogP contribution is 2.21. The molecule has 0 radical (unpaired) electrons. The second-order valence-corrected chi connectivity index (χ2v) is 8.72. The van der Waals surface area contributed by atoms with Gasteiger partial charge in [0.15, 0.2) is 0 Å². The summed E-state index contributed by atoms with van der Waals surface area (Å²) in [6, 6.07) is 15.6. The van der Waals surface area contributed by atoms with Gasteiger partial charge >= 0.3 is 0 Å². The van der Waals surface area contributed by atoms with Crippen LogP contribution < -0.4 is 5.32 Å². The van der Waals surface area contributed by atoms with Gasteiger partial charge in [0.2, 0.25) is 11.8 Å². The maximum atomic E-state index is 12.9. The Labute approximate surface area is 180 Å². The number of benzene rings is 2. The normalized spacial score (nSPS) is 11.7. The third kappa shape index (κ3) is 6.99. The van der Waals surface area contributed by atoms with Crippen molar-refractivity contribution in [2.24, 2.45) is 0 Å². The molecule has 0 spiro atoms. The molecule has 1 atom stereocenters. The molecule has 0 bridgehead atoms.